The van der Waals surface area contributed by atoms with Crippen LogP contribution in [0.3, 0.4) is 0 Å². The van der Waals surface area contributed by atoms with Crippen LogP contribution in [0, 0.1) is 0 Å². The van der Waals surface area contributed by atoms with Crippen molar-refractivity contribution in [1.29, 1.82) is 0 Å². The van der Waals surface area contributed by atoms with Crippen LogP contribution in [0.4, 0.5) is 25.2 Å². The van der Waals surface area contributed by atoms with Crippen molar-refractivity contribution in [2.45, 2.75) is 0 Å². The van der Waals surface area contributed by atoms with Crippen molar-refractivity contribution in [3.05, 3.63) is 78.9 Å². The van der Waals surface area contributed by atoms with E-state index < -0.39 is 7.81 Å². The summed E-state index contributed by atoms with van der Waals surface area (Å²) in [5.74, 6) is 0.892. The van der Waals surface area contributed by atoms with Gasteiger partial charge in [0.05, 0.1) is 26.3 Å². The molecule has 0 N–H and O–H groups in total. The molecule has 0 spiro atoms. The van der Waals surface area contributed by atoms with Crippen molar-refractivity contribution in [3.63, 3.8) is 0 Å². The number of hydrogen-bond donors (Lipinski definition) is 0. The van der Waals surface area contributed by atoms with Crippen LogP contribution in [0.15, 0.2) is 78.9 Å². The van der Waals surface area contributed by atoms with E-state index in [1.165, 1.54) is 21.7 Å². The molecule has 3 aromatic carbocycles. The quantitative estimate of drug-likeness (QED) is 0.312. The van der Waals surface area contributed by atoms with Crippen LogP contribution in [0.2, 0.25) is 0 Å². The Morgan fingerprint density at radius 1 is 0.607 bits per heavy atom. The van der Waals surface area contributed by atoms with Crippen LogP contribution in [0.1, 0.15) is 0 Å². The molecule has 1 unspecified atom stereocenters. The van der Waals surface area contributed by atoms with Crippen molar-refractivity contribution in [2.75, 3.05) is 7.11 Å². The Kier molecular flexibility index (Phi) is 6.13. The van der Waals surface area contributed by atoms with E-state index in [4.69, 9.17) is 4.74 Å². The number of benzene rings is 3. The fourth-order valence-corrected chi connectivity index (χ4v) is 3.48. The summed E-state index contributed by atoms with van der Waals surface area (Å²) >= 11 is 0. The summed E-state index contributed by atoms with van der Waals surface area (Å²) in [5, 5.41) is 2.84. The normalized spacial score (nSPS) is 14.0. The monoisotopic (exact) mass is 438 g/mol. The summed E-state index contributed by atoms with van der Waals surface area (Å²) in [4.78, 5) is 0. The molecule has 3 aromatic rings. The number of rotatable bonds is 4. The van der Waals surface area contributed by atoms with Crippen molar-refractivity contribution >= 4 is 27.0 Å². The van der Waals surface area contributed by atoms with Crippen LogP contribution in [-0.4, -0.2) is 7.11 Å². The van der Waals surface area contributed by atoms with E-state index in [9.17, 15) is 25.2 Å². The third kappa shape index (κ3) is 9.72. The van der Waals surface area contributed by atoms with Gasteiger partial charge in [0.15, 0.2) is 0 Å². The van der Waals surface area contributed by atoms with Gasteiger partial charge in [-0.15, -0.1) is 0 Å². The van der Waals surface area contributed by atoms with Gasteiger partial charge in [0.2, 0.25) is 0 Å². The average Bonchev–Trinajstić information content (AvgIpc) is 2.61. The Labute approximate surface area is 160 Å². The maximum absolute atomic E-state index is 10.7. The van der Waals surface area contributed by atoms with E-state index in [1.807, 2.05) is 12.1 Å². The van der Waals surface area contributed by atoms with Gasteiger partial charge in [-0.1, -0.05) is 42.5 Å². The first-order valence-electron chi connectivity index (χ1n) is 8.01. The predicted molar refractivity (Wildman–Crippen MR) is 107 cm³/mol. The fourth-order valence-electron chi connectivity index (χ4n) is 2.30. The van der Waals surface area contributed by atoms with Gasteiger partial charge in [-0.25, -0.2) is 0 Å². The molecule has 0 aromatic heterocycles. The number of ether oxygens (including phenoxy) is 1. The molecule has 0 fully saturated rings. The summed E-state index contributed by atoms with van der Waals surface area (Å²) in [7, 11) is -8.79. The third-order valence-corrected chi connectivity index (χ3v) is 4.90. The Bertz CT molecular complexity index is 882. The predicted octanol–water partition coefficient (Wildman–Crippen LogP) is 7.11. The molecule has 0 aliphatic rings. The first kappa shape index (κ1) is 22.2. The SMILES string of the molecule is COc1ccc(-c2ccc([PH2+]c3ccccc3)cc2)cc1.F[P-](F)(F)(F)(F)F. The molecule has 0 amide bonds. The zero-order chi connectivity index (χ0) is 20.9. The van der Waals surface area contributed by atoms with Crippen LogP contribution in [0.25, 0.3) is 11.1 Å². The molecule has 1 atom stereocenters. The second kappa shape index (κ2) is 7.73. The minimum atomic E-state index is -10.7. The Balaban J connectivity index is 0.000000345. The van der Waals surface area contributed by atoms with Gasteiger partial charge < -0.3 is 4.74 Å². The van der Waals surface area contributed by atoms with Gasteiger partial charge in [0, 0.05) is 0 Å². The molecule has 1 nitrogen and oxygen atoms in total. The van der Waals surface area contributed by atoms with Crippen molar-refractivity contribution < 1.29 is 29.9 Å². The van der Waals surface area contributed by atoms with Crippen molar-refractivity contribution in [3.8, 4) is 16.9 Å². The Morgan fingerprint density at radius 2 is 1.00 bits per heavy atom. The molecule has 0 saturated heterocycles. The van der Waals surface area contributed by atoms with Crippen molar-refractivity contribution in [2.24, 2.45) is 0 Å². The minimum absolute atomic E-state index is 0.174. The molecule has 152 valence electrons. The first-order valence-corrected chi connectivity index (χ1v) is 11.2. The molecule has 3 rings (SSSR count). The second-order valence-electron chi connectivity index (χ2n) is 5.86. The number of halogens is 6. The summed E-state index contributed by atoms with van der Waals surface area (Å²) in [6.07, 6.45) is 0. The van der Waals surface area contributed by atoms with E-state index in [1.54, 1.807) is 7.11 Å². The van der Waals surface area contributed by atoms with E-state index >= 15 is 0 Å². The van der Waals surface area contributed by atoms with Gasteiger partial charge in [-0.2, -0.15) is 0 Å². The standard InChI is InChI=1S/C19H17OP.F6P/c1-20-17-11-7-15(8-12-17)16-9-13-19(14-10-16)21-18-5-3-2-4-6-18;1-7(2,3,4,5)6/h2-14,21H,1H3;/q;-1/p+1. The van der Waals surface area contributed by atoms with E-state index in [-0.39, 0.29) is 8.58 Å². The maximum atomic E-state index is 9.87. The van der Waals surface area contributed by atoms with Gasteiger partial charge >= 0.3 is 33.0 Å². The molecular formula is C19H18F6OP2. The molecule has 0 saturated carbocycles. The third-order valence-electron chi connectivity index (χ3n) is 3.47. The van der Waals surface area contributed by atoms with E-state index in [0.29, 0.717) is 0 Å². The summed E-state index contributed by atoms with van der Waals surface area (Å²) in [6, 6.07) is 27.7. The van der Waals surface area contributed by atoms with Gasteiger partial charge in [-0.3, -0.25) is 0 Å². The van der Waals surface area contributed by atoms with E-state index in [2.05, 4.69) is 66.7 Å². The van der Waals surface area contributed by atoms with Crippen LogP contribution >= 0.6 is 16.4 Å². The molecule has 0 bridgehead atoms. The molecule has 28 heavy (non-hydrogen) atoms. The Morgan fingerprint density at radius 3 is 1.43 bits per heavy atom. The topological polar surface area (TPSA) is 9.23 Å². The molecule has 0 heterocycles. The van der Waals surface area contributed by atoms with Crippen LogP contribution in [-0.2, 0) is 0 Å². The van der Waals surface area contributed by atoms with Gasteiger partial charge in [0.25, 0.3) is 0 Å². The molecule has 0 aliphatic carbocycles. The molecule has 0 radical (unpaired) electrons. The molecule has 0 aliphatic heterocycles. The van der Waals surface area contributed by atoms with Crippen molar-refractivity contribution in [1.82, 2.24) is 0 Å². The zero-order valence-electron chi connectivity index (χ0n) is 14.7. The Hall–Kier alpha value is -2.10. The second-order valence-corrected chi connectivity index (χ2v) is 9.40. The number of methoxy groups -OCH3 is 1. The van der Waals surface area contributed by atoms with Crippen LogP contribution in [0.5, 0.6) is 5.75 Å². The molecule has 9 heteroatoms. The number of hydrogen-bond acceptors (Lipinski definition) is 1. The van der Waals surface area contributed by atoms with Gasteiger partial charge in [0.1, 0.15) is 5.75 Å². The zero-order valence-corrected chi connectivity index (χ0v) is 16.8. The average molecular weight is 438 g/mol. The molecular weight excluding hydrogens is 420 g/mol. The summed E-state index contributed by atoms with van der Waals surface area (Å²) in [6.45, 7) is 0. The van der Waals surface area contributed by atoms with Crippen LogP contribution < -0.4 is 15.3 Å². The first-order chi connectivity index (χ1) is 12.8. The van der Waals surface area contributed by atoms with Gasteiger partial charge in [-0.05, 0) is 47.5 Å². The van der Waals surface area contributed by atoms with E-state index in [0.717, 1.165) is 5.75 Å². The fraction of sp³-hybridized carbons (Fsp3) is 0.0526. The summed E-state index contributed by atoms with van der Waals surface area (Å²) in [5.41, 5.74) is 2.46. The summed E-state index contributed by atoms with van der Waals surface area (Å²) < 4.78 is 64.4.